The first-order valence-corrected chi connectivity index (χ1v) is 9.58. The van der Waals surface area contributed by atoms with Crippen LogP contribution in [0.5, 0.6) is 0 Å². The molecule has 2 heterocycles. The van der Waals surface area contributed by atoms with Crippen LogP contribution in [-0.2, 0) is 20.0 Å². The number of oxazole rings is 1. The zero-order valence-corrected chi connectivity index (χ0v) is 20.2. The third-order valence-electron chi connectivity index (χ3n) is 4.56. The van der Waals surface area contributed by atoms with E-state index in [0.717, 1.165) is 34.4 Å². The van der Waals surface area contributed by atoms with E-state index in [0.29, 0.717) is 19.0 Å². The summed E-state index contributed by atoms with van der Waals surface area (Å²) in [5.74, 6) is 1.47. The summed E-state index contributed by atoms with van der Waals surface area (Å²) in [5.41, 5.74) is 4.24. The van der Waals surface area contributed by atoms with Gasteiger partial charge in [0.2, 0.25) is 5.89 Å². The van der Waals surface area contributed by atoms with Crippen LogP contribution >= 0.6 is 35.6 Å². The number of guanidine groups is 1. The van der Waals surface area contributed by atoms with Gasteiger partial charge in [-0.2, -0.15) is 0 Å². The summed E-state index contributed by atoms with van der Waals surface area (Å²) in [6.07, 6.45) is 4.37. The average molecular weight is 528 g/mol. The fourth-order valence-electron chi connectivity index (χ4n) is 2.98. The number of nitrogens with zero attached hydrogens (tertiary/aromatic N) is 4. The summed E-state index contributed by atoms with van der Waals surface area (Å²) in [7, 11) is 5.77. The highest BCUT2D eigenvalue weighted by atomic mass is 127. The molecule has 0 bridgehead atoms. The van der Waals surface area contributed by atoms with E-state index in [9.17, 15) is 0 Å². The lowest BCUT2D eigenvalue weighted by atomic mass is 10.1. The van der Waals surface area contributed by atoms with Gasteiger partial charge in [0.1, 0.15) is 6.26 Å². The Labute approximate surface area is 194 Å². The topological polar surface area (TPSA) is 58.6 Å². The first-order valence-electron chi connectivity index (χ1n) is 9.20. The highest BCUT2D eigenvalue weighted by molar-refractivity contribution is 14.0. The van der Waals surface area contributed by atoms with Crippen molar-refractivity contribution in [1.29, 1.82) is 0 Å². The molecule has 29 heavy (non-hydrogen) atoms. The maximum absolute atomic E-state index is 6.07. The SMILES string of the molecule is CN=C(NCCc1coc(-c2ccc(C)cc2)n1)N(C)Cc1cc(Cl)cn1C.I. The van der Waals surface area contributed by atoms with Crippen LogP contribution in [0.4, 0.5) is 0 Å². The molecular weight excluding hydrogens is 501 g/mol. The van der Waals surface area contributed by atoms with Crippen molar-refractivity contribution in [3.05, 3.63) is 64.8 Å². The molecular formula is C21H27ClIN5O. The number of hydrogen-bond donors (Lipinski definition) is 1. The van der Waals surface area contributed by atoms with Gasteiger partial charge in [0.15, 0.2) is 5.96 Å². The zero-order chi connectivity index (χ0) is 20.1. The average Bonchev–Trinajstić information content (AvgIpc) is 3.25. The Bertz CT molecular complexity index is 948. The molecule has 0 aliphatic heterocycles. The number of rotatable bonds is 6. The molecule has 8 heteroatoms. The summed E-state index contributed by atoms with van der Waals surface area (Å²) >= 11 is 6.07. The molecule has 0 aliphatic rings. The predicted octanol–water partition coefficient (Wildman–Crippen LogP) is 4.51. The molecule has 3 aromatic rings. The highest BCUT2D eigenvalue weighted by Gasteiger charge is 2.11. The molecule has 0 unspecified atom stereocenters. The first kappa shape index (κ1) is 23.3. The van der Waals surface area contributed by atoms with E-state index in [2.05, 4.69) is 39.2 Å². The molecule has 0 saturated heterocycles. The van der Waals surface area contributed by atoms with Crippen LogP contribution in [0.25, 0.3) is 11.5 Å². The van der Waals surface area contributed by atoms with Crippen LogP contribution in [-0.4, -0.2) is 41.1 Å². The van der Waals surface area contributed by atoms with Gasteiger partial charge in [-0.05, 0) is 25.1 Å². The summed E-state index contributed by atoms with van der Waals surface area (Å²) < 4.78 is 7.64. The molecule has 0 spiro atoms. The van der Waals surface area contributed by atoms with Crippen molar-refractivity contribution in [2.24, 2.45) is 12.0 Å². The van der Waals surface area contributed by atoms with Gasteiger partial charge in [-0.3, -0.25) is 4.99 Å². The van der Waals surface area contributed by atoms with Crippen LogP contribution < -0.4 is 5.32 Å². The molecule has 0 atom stereocenters. The lowest BCUT2D eigenvalue weighted by Crippen LogP contribution is -2.39. The van der Waals surface area contributed by atoms with E-state index in [1.165, 1.54) is 5.56 Å². The molecule has 3 rings (SSSR count). The van der Waals surface area contributed by atoms with E-state index < -0.39 is 0 Å². The molecule has 1 N–H and O–H groups in total. The van der Waals surface area contributed by atoms with Crippen LogP contribution in [0.1, 0.15) is 17.0 Å². The molecule has 0 fully saturated rings. The van der Waals surface area contributed by atoms with Crippen LogP contribution in [0.15, 0.2) is 52.2 Å². The van der Waals surface area contributed by atoms with Crippen molar-refractivity contribution in [2.45, 2.75) is 19.9 Å². The minimum atomic E-state index is 0. The minimum absolute atomic E-state index is 0. The quantitative estimate of drug-likeness (QED) is 0.291. The Morgan fingerprint density at radius 3 is 2.66 bits per heavy atom. The third-order valence-corrected chi connectivity index (χ3v) is 4.77. The molecule has 0 aliphatic carbocycles. The van der Waals surface area contributed by atoms with Gasteiger partial charge in [-0.15, -0.1) is 24.0 Å². The van der Waals surface area contributed by atoms with Crippen molar-refractivity contribution in [1.82, 2.24) is 19.8 Å². The van der Waals surface area contributed by atoms with Gasteiger partial charge in [0.25, 0.3) is 0 Å². The number of hydrogen-bond acceptors (Lipinski definition) is 3. The predicted molar refractivity (Wildman–Crippen MR) is 129 cm³/mol. The van der Waals surface area contributed by atoms with Crippen LogP contribution in [0, 0.1) is 6.92 Å². The Kier molecular flexibility index (Phi) is 8.58. The van der Waals surface area contributed by atoms with Gasteiger partial charge < -0.3 is 19.2 Å². The second-order valence-electron chi connectivity index (χ2n) is 6.85. The van der Waals surface area contributed by atoms with Crippen molar-refractivity contribution < 1.29 is 4.42 Å². The number of aryl methyl sites for hydroxylation is 2. The van der Waals surface area contributed by atoms with Crippen molar-refractivity contribution >= 4 is 41.5 Å². The van der Waals surface area contributed by atoms with Gasteiger partial charge >= 0.3 is 0 Å². The smallest absolute Gasteiger partial charge is 0.226 e. The highest BCUT2D eigenvalue weighted by Crippen LogP contribution is 2.19. The zero-order valence-electron chi connectivity index (χ0n) is 17.1. The fraction of sp³-hybridized carbons (Fsp3) is 0.333. The molecule has 2 aromatic heterocycles. The molecule has 0 radical (unpaired) electrons. The van der Waals surface area contributed by atoms with Crippen molar-refractivity contribution in [3.63, 3.8) is 0 Å². The second kappa shape index (κ2) is 10.7. The van der Waals surface area contributed by atoms with Gasteiger partial charge in [0.05, 0.1) is 17.3 Å². The number of aliphatic imine (C=N–C) groups is 1. The molecule has 1 aromatic carbocycles. The summed E-state index contributed by atoms with van der Waals surface area (Å²) in [4.78, 5) is 11.0. The van der Waals surface area contributed by atoms with Gasteiger partial charge in [-0.25, -0.2) is 4.98 Å². The minimum Gasteiger partial charge on any atom is -0.444 e. The summed E-state index contributed by atoms with van der Waals surface area (Å²) in [6, 6.07) is 10.1. The Hall–Kier alpha value is -2.00. The second-order valence-corrected chi connectivity index (χ2v) is 7.29. The maximum Gasteiger partial charge on any atom is 0.226 e. The maximum atomic E-state index is 6.07. The van der Waals surface area contributed by atoms with E-state index in [1.807, 2.05) is 43.1 Å². The van der Waals surface area contributed by atoms with E-state index in [1.54, 1.807) is 13.3 Å². The standard InChI is InChI=1S/C21H26ClN5O.HI/c1-15-5-7-16(8-6-15)20-25-18(14-28-20)9-10-24-21(23-2)27(4)13-19-11-17(22)12-26(19)3;/h5-8,11-12,14H,9-10,13H2,1-4H3,(H,23,24);1H. The number of nitrogens with one attached hydrogen (secondary N) is 1. The fourth-order valence-corrected chi connectivity index (χ4v) is 3.25. The van der Waals surface area contributed by atoms with Gasteiger partial charge in [0, 0.05) is 51.6 Å². The molecule has 0 amide bonds. The lowest BCUT2D eigenvalue weighted by molar-refractivity contribution is 0.462. The van der Waals surface area contributed by atoms with E-state index in [4.69, 9.17) is 16.0 Å². The largest absolute Gasteiger partial charge is 0.444 e. The number of aromatic nitrogens is 2. The van der Waals surface area contributed by atoms with Crippen LogP contribution in [0.3, 0.4) is 0 Å². The Morgan fingerprint density at radius 1 is 1.31 bits per heavy atom. The molecule has 0 saturated carbocycles. The third kappa shape index (κ3) is 6.24. The summed E-state index contributed by atoms with van der Waals surface area (Å²) in [6.45, 7) is 3.49. The van der Waals surface area contributed by atoms with Gasteiger partial charge in [-0.1, -0.05) is 29.3 Å². The van der Waals surface area contributed by atoms with Crippen molar-refractivity contribution in [3.8, 4) is 11.5 Å². The van der Waals surface area contributed by atoms with Crippen molar-refractivity contribution in [2.75, 3.05) is 20.6 Å². The molecule has 6 nitrogen and oxygen atoms in total. The lowest BCUT2D eigenvalue weighted by Gasteiger charge is -2.22. The van der Waals surface area contributed by atoms with Crippen LogP contribution in [0.2, 0.25) is 5.02 Å². The molecule has 156 valence electrons. The first-order chi connectivity index (χ1) is 13.5. The summed E-state index contributed by atoms with van der Waals surface area (Å²) in [5, 5.41) is 4.11. The normalized spacial score (nSPS) is 11.3. The van der Waals surface area contributed by atoms with E-state index >= 15 is 0 Å². The monoisotopic (exact) mass is 527 g/mol. The Morgan fingerprint density at radius 2 is 2.03 bits per heavy atom. The number of halogens is 2. The van der Waals surface area contributed by atoms with E-state index in [-0.39, 0.29) is 24.0 Å². The Balaban J connectivity index is 0.00000300. The number of benzene rings is 1.